The largest absolute Gasteiger partial charge is 0.352 e. The van der Waals surface area contributed by atoms with Crippen LogP contribution >= 0.6 is 0 Å². The lowest BCUT2D eigenvalue weighted by Crippen LogP contribution is -2.32. The predicted octanol–water partition coefficient (Wildman–Crippen LogP) is 3.91. The van der Waals surface area contributed by atoms with Gasteiger partial charge in [0.1, 0.15) is 5.82 Å². The van der Waals surface area contributed by atoms with Gasteiger partial charge in [0.15, 0.2) is 5.82 Å². The van der Waals surface area contributed by atoms with E-state index in [0.29, 0.717) is 29.4 Å². The number of hydrogen-bond donors (Lipinski definition) is 1. The van der Waals surface area contributed by atoms with Crippen molar-refractivity contribution < 1.29 is 9.18 Å². The van der Waals surface area contributed by atoms with Crippen LogP contribution in [0.3, 0.4) is 0 Å². The maximum Gasteiger partial charge on any atom is 0.279 e. The molecular weight excluding hydrogens is 457 g/mol. The van der Waals surface area contributed by atoms with Gasteiger partial charge in [-0.15, -0.1) is 5.10 Å². The number of fused-ring (bicyclic) bond motifs is 1. The summed E-state index contributed by atoms with van der Waals surface area (Å²) in [6, 6.07) is 25.2. The number of carbonyl (C=O) groups is 1. The molecule has 0 aliphatic carbocycles. The van der Waals surface area contributed by atoms with Crippen molar-refractivity contribution in [1.29, 1.82) is 0 Å². The number of hydrogen-bond acceptors (Lipinski definition) is 4. The van der Waals surface area contributed by atoms with Gasteiger partial charge >= 0.3 is 0 Å². The van der Waals surface area contributed by atoms with Crippen LogP contribution in [0.2, 0.25) is 0 Å². The summed E-state index contributed by atoms with van der Waals surface area (Å²) in [5, 5.41) is 7.32. The van der Waals surface area contributed by atoms with Crippen LogP contribution in [0.4, 0.5) is 4.39 Å². The predicted molar refractivity (Wildman–Crippen MR) is 135 cm³/mol. The van der Waals surface area contributed by atoms with E-state index >= 15 is 0 Å². The van der Waals surface area contributed by atoms with Crippen molar-refractivity contribution in [1.82, 2.24) is 24.5 Å². The fourth-order valence-electron chi connectivity index (χ4n) is 4.10. The van der Waals surface area contributed by atoms with Gasteiger partial charge in [-0.2, -0.15) is 9.50 Å². The van der Waals surface area contributed by atoms with Gasteiger partial charge in [0.25, 0.3) is 5.56 Å². The minimum Gasteiger partial charge on any atom is -0.352 e. The summed E-state index contributed by atoms with van der Waals surface area (Å²) in [6.45, 7) is 2.53. The number of amides is 1. The number of nitrogens with one attached hydrogen (secondary N) is 1. The summed E-state index contributed by atoms with van der Waals surface area (Å²) in [5.74, 6) is 0.201. The van der Waals surface area contributed by atoms with Gasteiger partial charge in [0.05, 0.1) is 13.0 Å². The third-order valence-electron chi connectivity index (χ3n) is 6.08. The summed E-state index contributed by atoms with van der Waals surface area (Å²) >= 11 is 0. The van der Waals surface area contributed by atoms with E-state index in [-0.39, 0.29) is 30.2 Å². The smallest absolute Gasteiger partial charge is 0.279 e. The van der Waals surface area contributed by atoms with Crippen LogP contribution in [0.25, 0.3) is 17.2 Å². The molecule has 0 unspecified atom stereocenters. The first-order valence-electron chi connectivity index (χ1n) is 11.6. The minimum absolute atomic E-state index is 0.114. The zero-order chi connectivity index (χ0) is 25.1. The molecule has 3 aromatic carbocycles. The molecular formula is C28H24FN5O2. The normalized spacial score (nSPS) is 11.1. The molecule has 7 nitrogen and oxygen atoms in total. The Balaban J connectivity index is 1.52. The third-order valence-corrected chi connectivity index (χ3v) is 6.08. The average Bonchev–Trinajstić information content (AvgIpc) is 3.36. The van der Waals surface area contributed by atoms with Gasteiger partial charge in [0.2, 0.25) is 11.7 Å². The van der Waals surface area contributed by atoms with Crippen LogP contribution in [-0.2, 0) is 24.3 Å². The Bertz CT molecular complexity index is 1580. The lowest BCUT2D eigenvalue weighted by Gasteiger charge is -2.15. The molecule has 1 N–H and O–H groups in total. The van der Waals surface area contributed by atoms with E-state index in [2.05, 4.69) is 15.4 Å². The zero-order valence-electron chi connectivity index (χ0n) is 19.7. The Morgan fingerprint density at radius 2 is 1.58 bits per heavy atom. The van der Waals surface area contributed by atoms with E-state index in [4.69, 9.17) is 0 Å². The number of carbonyl (C=O) groups excluding carboxylic acids is 1. The van der Waals surface area contributed by atoms with E-state index in [9.17, 15) is 14.0 Å². The Morgan fingerprint density at radius 3 is 2.28 bits per heavy atom. The van der Waals surface area contributed by atoms with Gasteiger partial charge < -0.3 is 9.88 Å². The fourth-order valence-corrected chi connectivity index (χ4v) is 4.10. The van der Waals surface area contributed by atoms with Crippen molar-refractivity contribution in [2.45, 2.75) is 26.4 Å². The molecule has 2 heterocycles. The molecule has 0 fully saturated rings. The highest BCUT2D eigenvalue weighted by molar-refractivity contribution is 5.78. The molecule has 180 valence electrons. The van der Waals surface area contributed by atoms with E-state index in [1.165, 1.54) is 16.6 Å². The average molecular weight is 482 g/mol. The molecule has 0 aliphatic heterocycles. The summed E-state index contributed by atoms with van der Waals surface area (Å²) in [4.78, 5) is 31.0. The molecule has 2 aromatic heterocycles. The van der Waals surface area contributed by atoms with Gasteiger partial charge in [0, 0.05) is 23.4 Å². The second-order valence-electron chi connectivity index (χ2n) is 8.53. The molecule has 0 saturated carbocycles. The first-order valence-corrected chi connectivity index (χ1v) is 11.6. The highest BCUT2D eigenvalue weighted by Gasteiger charge is 2.20. The van der Waals surface area contributed by atoms with Crippen molar-refractivity contribution in [3.05, 3.63) is 123 Å². The molecule has 5 rings (SSSR count). The Hall–Kier alpha value is -4.59. The number of rotatable bonds is 7. The molecule has 0 bridgehead atoms. The highest BCUT2D eigenvalue weighted by Crippen LogP contribution is 2.18. The molecule has 0 aliphatic rings. The summed E-state index contributed by atoms with van der Waals surface area (Å²) < 4.78 is 16.4. The second kappa shape index (κ2) is 9.95. The van der Waals surface area contributed by atoms with Crippen LogP contribution in [-0.4, -0.2) is 25.1 Å². The van der Waals surface area contributed by atoms with E-state index in [1.54, 1.807) is 12.1 Å². The standard InChI is InChI=1S/C28H24FN5O2/c1-19-24(16-25(35)30-17-20-12-14-23(29)15-13-20)27(36)34-28(33(19)18-21-8-4-2-5-9-21)31-26(32-34)22-10-6-3-7-11-22/h2-15H,16-18H2,1H3,(H,30,35). The van der Waals surface area contributed by atoms with Crippen LogP contribution < -0.4 is 10.9 Å². The van der Waals surface area contributed by atoms with Gasteiger partial charge in [-0.05, 0) is 30.2 Å². The molecule has 0 saturated heterocycles. The summed E-state index contributed by atoms with van der Waals surface area (Å²) in [7, 11) is 0. The summed E-state index contributed by atoms with van der Waals surface area (Å²) in [5.41, 5.74) is 3.21. The summed E-state index contributed by atoms with van der Waals surface area (Å²) in [6.07, 6.45) is -0.114. The lowest BCUT2D eigenvalue weighted by atomic mass is 10.1. The van der Waals surface area contributed by atoms with Crippen molar-refractivity contribution >= 4 is 11.7 Å². The van der Waals surface area contributed by atoms with Crippen molar-refractivity contribution in [2.75, 3.05) is 0 Å². The SMILES string of the molecule is Cc1c(CC(=O)NCc2ccc(F)cc2)c(=O)n2nc(-c3ccccc3)nc2n1Cc1ccccc1. The molecule has 1 amide bonds. The molecule has 36 heavy (non-hydrogen) atoms. The van der Waals surface area contributed by atoms with Crippen molar-refractivity contribution in [3.8, 4) is 11.4 Å². The van der Waals surface area contributed by atoms with E-state index in [1.807, 2.05) is 72.2 Å². The quantitative estimate of drug-likeness (QED) is 0.382. The number of benzene rings is 3. The molecule has 0 radical (unpaired) electrons. The number of nitrogens with zero attached hydrogens (tertiary/aromatic N) is 4. The molecule has 8 heteroatoms. The molecule has 0 atom stereocenters. The van der Waals surface area contributed by atoms with Crippen LogP contribution in [0.5, 0.6) is 0 Å². The number of aromatic nitrogens is 4. The molecule has 0 spiro atoms. The lowest BCUT2D eigenvalue weighted by molar-refractivity contribution is -0.120. The second-order valence-corrected chi connectivity index (χ2v) is 8.53. The Morgan fingerprint density at radius 1 is 0.917 bits per heavy atom. The monoisotopic (exact) mass is 481 g/mol. The highest BCUT2D eigenvalue weighted by atomic mass is 19.1. The minimum atomic E-state index is -0.376. The van der Waals surface area contributed by atoms with Crippen LogP contribution in [0.1, 0.15) is 22.4 Å². The Kier molecular flexibility index (Phi) is 6.40. The van der Waals surface area contributed by atoms with Crippen molar-refractivity contribution in [3.63, 3.8) is 0 Å². The molecule has 5 aromatic rings. The maximum atomic E-state index is 13.5. The van der Waals surface area contributed by atoms with Gasteiger partial charge in [-0.1, -0.05) is 72.8 Å². The third kappa shape index (κ3) is 4.79. The maximum absolute atomic E-state index is 13.5. The van der Waals surface area contributed by atoms with Gasteiger partial charge in [-0.3, -0.25) is 9.59 Å². The van der Waals surface area contributed by atoms with Gasteiger partial charge in [-0.25, -0.2) is 4.39 Å². The Labute approximate surface area is 206 Å². The fraction of sp³-hybridized carbons (Fsp3) is 0.143. The van der Waals surface area contributed by atoms with Crippen LogP contribution in [0, 0.1) is 12.7 Å². The first kappa shape index (κ1) is 23.2. The van der Waals surface area contributed by atoms with Crippen molar-refractivity contribution in [2.24, 2.45) is 0 Å². The topological polar surface area (TPSA) is 81.3 Å². The number of halogens is 1. The zero-order valence-corrected chi connectivity index (χ0v) is 19.7. The van der Waals surface area contributed by atoms with Crippen LogP contribution in [0.15, 0.2) is 89.7 Å². The van der Waals surface area contributed by atoms with E-state index in [0.717, 1.165) is 16.7 Å². The van der Waals surface area contributed by atoms with E-state index < -0.39 is 0 Å². The first-order chi connectivity index (χ1) is 17.5.